The molecule has 0 unspecified atom stereocenters. The maximum atomic E-state index is 11.0. The molecular weight excluding hydrogens is 192 g/mol. The highest BCUT2D eigenvalue weighted by Crippen LogP contribution is 1.92. The number of amides is 2. The van der Waals surface area contributed by atoms with Crippen molar-refractivity contribution in [2.45, 2.75) is 0 Å². The van der Waals surface area contributed by atoms with Crippen LogP contribution in [0.2, 0.25) is 0 Å². The van der Waals surface area contributed by atoms with Crippen molar-refractivity contribution in [3.8, 4) is 0 Å². The third kappa shape index (κ3) is 3.71. The van der Waals surface area contributed by atoms with Crippen molar-refractivity contribution in [3.05, 3.63) is 18.5 Å². The highest BCUT2D eigenvalue weighted by Gasteiger charge is 2.00. The van der Waals surface area contributed by atoms with Gasteiger partial charge in [0.1, 0.15) is 0 Å². The normalized spacial score (nSPS) is 9.31. The van der Waals surface area contributed by atoms with Gasteiger partial charge >= 0.3 is 6.03 Å². The number of alkyl halides is 1. The Morgan fingerprint density at radius 1 is 1.46 bits per heavy atom. The van der Waals surface area contributed by atoms with Crippen LogP contribution in [0.3, 0.4) is 0 Å². The first-order valence-corrected chi connectivity index (χ1v) is 4.24. The van der Waals surface area contributed by atoms with Crippen molar-refractivity contribution in [1.29, 1.82) is 0 Å². The molecule has 0 aliphatic heterocycles. The summed E-state index contributed by atoms with van der Waals surface area (Å²) in [7, 11) is 0. The second-order valence-electron chi connectivity index (χ2n) is 2.14. The summed E-state index contributed by atoms with van der Waals surface area (Å²) in [6.07, 6.45) is 3.09. The molecule has 2 N–H and O–H groups in total. The van der Waals surface area contributed by atoms with Gasteiger partial charge in [0, 0.05) is 24.8 Å². The third-order valence-electron chi connectivity index (χ3n) is 1.17. The van der Waals surface area contributed by atoms with Gasteiger partial charge in [0.15, 0.2) is 0 Å². The monoisotopic (exact) mass is 200 g/mol. The van der Waals surface area contributed by atoms with E-state index in [1.807, 2.05) is 0 Å². The Bertz CT molecular complexity index is 266. The number of anilines is 1. The number of nitrogens with one attached hydrogen (secondary N) is 2. The van der Waals surface area contributed by atoms with Crippen molar-refractivity contribution in [2.75, 3.05) is 17.7 Å². The van der Waals surface area contributed by atoms with Gasteiger partial charge in [0.25, 0.3) is 0 Å². The second-order valence-corrected chi connectivity index (χ2v) is 2.52. The van der Waals surface area contributed by atoms with E-state index >= 15 is 0 Å². The predicted octanol–water partition coefficient (Wildman–Crippen LogP) is 0.837. The van der Waals surface area contributed by atoms with E-state index in [9.17, 15) is 4.79 Å². The minimum atomic E-state index is -0.355. The van der Waals surface area contributed by atoms with Crippen molar-refractivity contribution >= 4 is 23.6 Å². The molecule has 2 amide bonds. The molecule has 1 rings (SSSR count). The lowest BCUT2D eigenvalue weighted by atomic mass is 10.7. The van der Waals surface area contributed by atoms with Gasteiger partial charge in [-0.3, -0.25) is 5.32 Å². The number of carbonyl (C=O) groups excluding carboxylic acids is 1. The third-order valence-corrected chi connectivity index (χ3v) is 1.36. The molecule has 0 atom stereocenters. The first-order chi connectivity index (χ1) is 6.33. The van der Waals surface area contributed by atoms with Gasteiger partial charge in [-0.2, -0.15) is 0 Å². The molecule has 0 spiro atoms. The molecule has 13 heavy (non-hydrogen) atoms. The van der Waals surface area contributed by atoms with Crippen LogP contribution in [0.5, 0.6) is 0 Å². The molecule has 0 radical (unpaired) electrons. The average molecular weight is 201 g/mol. The Labute approximate surface area is 80.5 Å². The SMILES string of the molecule is O=C(NCCCl)Nc1ncccn1. The van der Waals surface area contributed by atoms with Crippen LogP contribution in [0.4, 0.5) is 10.7 Å². The molecule has 5 nitrogen and oxygen atoms in total. The molecule has 1 aromatic rings. The number of rotatable bonds is 3. The van der Waals surface area contributed by atoms with Gasteiger partial charge in [0.2, 0.25) is 5.95 Å². The van der Waals surface area contributed by atoms with Crippen LogP contribution >= 0.6 is 11.6 Å². The fraction of sp³-hybridized carbons (Fsp3) is 0.286. The summed E-state index contributed by atoms with van der Waals surface area (Å²) in [6.45, 7) is 0.417. The van der Waals surface area contributed by atoms with Crippen LogP contribution in [0, 0.1) is 0 Å². The standard InChI is InChI=1S/C7H9ClN4O/c8-2-5-11-7(13)12-6-9-3-1-4-10-6/h1,3-4H,2,5H2,(H2,9,10,11,12,13). The van der Waals surface area contributed by atoms with E-state index in [2.05, 4.69) is 20.6 Å². The number of hydrogen-bond acceptors (Lipinski definition) is 3. The molecule has 70 valence electrons. The minimum absolute atomic E-state index is 0.273. The largest absolute Gasteiger partial charge is 0.337 e. The van der Waals surface area contributed by atoms with Crippen LogP contribution in [0.25, 0.3) is 0 Å². The molecular formula is C7H9ClN4O. The zero-order chi connectivity index (χ0) is 9.52. The fourth-order valence-electron chi connectivity index (χ4n) is 0.670. The van der Waals surface area contributed by atoms with E-state index in [0.717, 1.165) is 0 Å². The zero-order valence-corrected chi connectivity index (χ0v) is 7.58. The summed E-state index contributed by atoms with van der Waals surface area (Å²) in [5, 5.41) is 4.96. The van der Waals surface area contributed by atoms with Gasteiger partial charge < -0.3 is 5.32 Å². The molecule has 0 saturated heterocycles. The minimum Gasteiger partial charge on any atom is -0.337 e. The van der Waals surface area contributed by atoms with E-state index in [-0.39, 0.29) is 12.0 Å². The first-order valence-electron chi connectivity index (χ1n) is 3.71. The summed E-state index contributed by atoms with van der Waals surface area (Å²) in [4.78, 5) is 18.6. The summed E-state index contributed by atoms with van der Waals surface area (Å²) in [6, 6.07) is 1.31. The predicted molar refractivity (Wildman–Crippen MR) is 49.8 cm³/mol. The fourth-order valence-corrected chi connectivity index (χ4v) is 0.765. The Hall–Kier alpha value is -1.36. The maximum absolute atomic E-state index is 11.0. The maximum Gasteiger partial charge on any atom is 0.321 e. The van der Waals surface area contributed by atoms with E-state index in [1.54, 1.807) is 18.5 Å². The van der Waals surface area contributed by atoms with E-state index in [4.69, 9.17) is 11.6 Å². The van der Waals surface area contributed by atoms with E-state index in [1.165, 1.54) is 0 Å². The van der Waals surface area contributed by atoms with Crippen molar-refractivity contribution in [3.63, 3.8) is 0 Å². The first kappa shape index (κ1) is 9.73. The van der Waals surface area contributed by atoms with Gasteiger partial charge in [-0.25, -0.2) is 14.8 Å². The van der Waals surface area contributed by atoms with Crippen LogP contribution in [0.1, 0.15) is 0 Å². The zero-order valence-electron chi connectivity index (χ0n) is 6.83. The molecule has 0 saturated carbocycles. The number of aromatic nitrogens is 2. The van der Waals surface area contributed by atoms with Gasteiger partial charge in [-0.15, -0.1) is 11.6 Å². The number of urea groups is 1. The van der Waals surface area contributed by atoms with Crippen molar-refractivity contribution in [2.24, 2.45) is 0 Å². The summed E-state index contributed by atoms with van der Waals surface area (Å²) < 4.78 is 0. The van der Waals surface area contributed by atoms with E-state index < -0.39 is 0 Å². The summed E-state index contributed by atoms with van der Waals surface area (Å²) >= 11 is 5.37. The Morgan fingerprint density at radius 3 is 2.77 bits per heavy atom. The molecule has 1 heterocycles. The van der Waals surface area contributed by atoms with Crippen LogP contribution < -0.4 is 10.6 Å². The highest BCUT2D eigenvalue weighted by atomic mass is 35.5. The van der Waals surface area contributed by atoms with Crippen LogP contribution in [-0.4, -0.2) is 28.4 Å². The van der Waals surface area contributed by atoms with Gasteiger partial charge in [-0.1, -0.05) is 0 Å². The number of hydrogen-bond donors (Lipinski definition) is 2. The lowest BCUT2D eigenvalue weighted by molar-refractivity contribution is 0.252. The Kier molecular flexibility index (Phi) is 3.98. The van der Waals surface area contributed by atoms with Crippen LogP contribution in [-0.2, 0) is 0 Å². The van der Waals surface area contributed by atoms with Gasteiger partial charge in [0.05, 0.1) is 0 Å². The molecule has 0 aliphatic carbocycles. The highest BCUT2D eigenvalue weighted by molar-refractivity contribution is 6.18. The quantitative estimate of drug-likeness (QED) is 0.711. The van der Waals surface area contributed by atoms with Crippen molar-refractivity contribution < 1.29 is 4.79 Å². The molecule has 0 bridgehead atoms. The molecule has 6 heteroatoms. The topological polar surface area (TPSA) is 66.9 Å². The Morgan fingerprint density at radius 2 is 2.15 bits per heavy atom. The molecule has 1 aromatic heterocycles. The number of halogens is 1. The summed E-state index contributed by atoms with van der Waals surface area (Å²) in [5.74, 6) is 0.651. The molecule has 0 aliphatic rings. The van der Waals surface area contributed by atoms with Crippen LogP contribution in [0.15, 0.2) is 18.5 Å². The smallest absolute Gasteiger partial charge is 0.321 e. The number of nitrogens with zero attached hydrogens (tertiary/aromatic N) is 2. The molecule has 0 fully saturated rings. The number of carbonyl (C=O) groups is 1. The lowest BCUT2D eigenvalue weighted by Gasteiger charge is -2.03. The average Bonchev–Trinajstić information content (AvgIpc) is 2.16. The molecule has 0 aromatic carbocycles. The van der Waals surface area contributed by atoms with Gasteiger partial charge in [-0.05, 0) is 6.07 Å². The second kappa shape index (κ2) is 5.31. The summed E-state index contributed by atoms with van der Waals surface area (Å²) in [5.41, 5.74) is 0. The van der Waals surface area contributed by atoms with Crippen molar-refractivity contribution in [1.82, 2.24) is 15.3 Å². The van der Waals surface area contributed by atoms with E-state index in [0.29, 0.717) is 12.4 Å². The lowest BCUT2D eigenvalue weighted by Crippen LogP contribution is -2.30. The Balaban J connectivity index is 2.37.